The smallest absolute Gasteiger partial charge is 0.410 e. The van der Waals surface area contributed by atoms with Crippen molar-refractivity contribution in [1.82, 2.24) is 9.80 Å². The molecule has 0 bridgehead atoms. The number of carbonyl (C=O) groups is 3. The van der Waals surface area contributed by atoms with Gasteiger partial charge in [0.05, 0.1) is 11.1 Å². The number of rotatable bonds is 6. The molecule has 6 nitrogen and oxygen atoms in total. The summed E-state index contributed by atoms with van der Waals surface area (Å²) in [6.07, 6.45) is 5.59. The molecule has 7 heteroatoms. The maximum atomic E-state index is 12.3. The molecule has 1 aromatic carbocycles. The molecule has 0 N–H and O–H groups in total. The van der Waals surface area contributed by atoms with Crippen molar-refractivity contribution >= 4 is 29.7 Å². The van der Waals surface area contributed by atoms with Gasteiger partial charge in [-0.1, -0.05) is 24.3 Å². The minimum atomic E-state index is -0.482. The summed E-state index contributed by atoms with van der Waals surface area (Å²) in [5, 5.41) is 0. The highest BCUT2D eigenvalue weighted by atomic mass is 32.2. The van der Waals surface area contributed by atoms with Crippen molar-refractivity contribution in [1.29, 1.82) is 0 Å². The van der Waals surface area contributed by atoms with Crippen molar-refractivity contribution in [3.8, 4) is 0 Å². The lowest BCUT2D eigenvalue weighted by Crippen LogP contribution is -2.40. The molecule has 1 aromatic rings. The van der Waals surface area contributed by atoms with Crippen LogP contribution in [0, 0.1) is 0 Å². The van der Waals surface area contributed by atoms with E-state index >= 15 is 0 Å². The zero-order chi connectivity index (χ0) is 21.0. The molecule has 2 aliphatic heterocycles. The largest absolute Gasteiger partial charge is 0.444 e. The molecule has 2 aliphatic rings. The van der Waals surface area contributed by atoms with Gasteiger partial charge in [-0.15, -0.1) is 0 Å². The van der Waals surface area contributed by atoms with Crippen molar-refractivity contribution in [3.63, 3.8) is 0 Å². The topological polar surface area (TPSA) is 66.9 Å². The standard InChI is InChI=1S/C22H28N2O4S/c1-22(2,3)28-21(27)23-13-8-9-16(23)15-29-14-7-6-12-24-19(25)17-10-4-5-11-18(17)20(24)26/h4-7,10-11,16H,8-9,12-15H2,1-3H3/t16-/m0/s1. The Kier molecular flexibility index (Phi) is 6.67. The van der Waals surface area contributed by atoms with Crippen molar-refractivity contribution in [2.45, 2.75) is 45.3 Å². The van der Waals surface area contributed by atoms with Crippen LogP contribution in [0.25, 0.3) is 0 Å². The number of likely N-dealkylation sites (tertiary alicyclic amines) is 1. The average Bonchev–Trinajstić information content (AvgIpc) is 3.22. The molecule has 0 radical (unpaired) electrons. The maximum absolute atomic E-state index is 12.3. The van der Waals surface area contributed by atoms with Crippen molar-refractivity contribution in [2.24, 2.45) is 0 Å². The number of ether oxygens (including phenoxy) is 1. The number of amides is 3. The lowest BCUT2D eigenvalue weighted by molar-refractivity contribution is 0.0241. The Morgan fingerprint density at radius 2 is 1.83 bits per heavy atom. The minimum Gasteiger partial charge on any atom is -0.444 e. The SMILES string of the molecule is CC(C)(C)OC(=O)N1CCC[C@H]1CSCC=CCN1C(=O)c2ccccc2C1=O. The highest BCUT2D eigenvalue weighted by Crippen LogP contribution is 2.24. The molecule has 0 aliphatic carbocycles. The van der Waals surface area contributed by atoms with Gasteiger partial charge < -0.3 is 9.64 Å². The van der Waals surface area contributed by atoms with E-state index in [2.05, 4.69) is 0 Å². The molecular weight excluding hydrogens is 388 g/mol. The molecule has 0 unspecified atom stereocenters. The van der Waals surface area contributed by atoms with Crippen molar-refractivity contribution in [2.75, 3.05) is 24.6 Å². The molecular formula is C22H28N2O4S. The van der Waals surface area contributed by atoms with Crippen molar-refractivity contribution < 1.29 is 19.1 Å². The van der Waals surface area contributed by atoms with Crippen LogP contribution in [0.2, 0.25) is 0 Å². The number of hydrogen-bond donors (Lipinski definition) is 0. The van der Waals surface area contributed by atoms with Gasteiger partial charge in [0.15, 0.2) is 0 Å². The number of thioether (sulfide) groups is 1. The van der Waals surface area contributed by atoms with Crippen LogP contribution >= 0.6 is 11.8 Å². The Morgan fingerprint density at radius 1 is 1.17 bits per heavy atom. The molecule has 2 heterocycles. The number of nitrogens with zero attached hydrogens (tertiary/aromatic N) is 2. The normalized spacial score (nSPS) is 19.3. The summed E-state index contributed by atoms with van der Waals surface area (Å²) in [6, 6.07) is 7.10. The Bertz CT molecular complexity index is 780. The second-order valence-electron chi connectivity index (χ2n) is 8.25. The molecule has 1 fully saturated rings. The Labute approximate surface area is 176 Å². The summed E-state index contributed by atoms with van der Waals surface area (Å²) < 4.78 is 5.49. The highest BCUT2D eigenvalue weighted by Gasteiger charge is 2.34. The Balaban J connectivity index is 1.42. The monoisotopic (exact) mass is 416 g/mol. The molecule has 0 saturated carbocycles. The number of carbonyl (C=O) groups excluding carboxylic acids is 3. The maximum Gasteiger partial charge on any atom is 0.410 e. The van der Waals surface area contributed by atoms with Crippen molar-refractivity contribution in [3.05, 3.63) is 47.5 Å². The summed E-state index contributed by atoms with van der Waals surface area (Å²) in [5.74, 6) is 1.14. The van der Waals surface area contributed by atoms with Crippen LogP contribution in [-0.4, -0.2) is 63.9 Å². The molecule has 29 heavy (non-hydrogen) atoms. The summed E-state index contributed by atoms with van der Waals surface area (Å²) in [5.41, 5.74) is 0.469. The van der Waals surface area contributed by atoms with Gasteiger partial charge in [0, 0.05) is 30.6 Å². The zero-order valence-corrected chi connectivity index (χ0v) is 18.0. The zero-order valence-electron chi connectivity index (χ0n) is 17.2. The minimum absolute atomic E-state index is 0.194. The second kappa shape index (κ2) is 9.03. The van der Waals surface area contributed by atoms with E-state index in [-0.39, 0.29) is 30.5 Å². The molecule has 3 rings (SSSR count). The summed E-state index contributed by atoms with van der Waals surface area (Å²) in [4.78, 5) is 40.1. The van der Waals surface area contributed by atoms with Crippen LogP contribution in [0.4, 0.5) is 4.79 Å². The lowest BCUT2D eigenvalue weighted by Gasteiger charge is -2.28. The van der Waals surface area contributed by atoms with E-state index in [4.69, 9.17) is 4.74 Å². The first kappa shape index (κ1) is 21.4. The Hall–Kier alpha value is -2.28. The Morgan fingerprint density at radius 3 is 2.45 bits per heavy atom. The van der Waals surface area contributed by atoms with E-state index in [1.807, 2.05) is 37.8 Å². The quantitative estimate of drug-likeness (QED) is 0.399. The van der Waals surface area contributed by atoms with E-state index in [0.717, 1.165) is 30.9 Å². The molecule has 3 amide bonds. The third kappa shape index (κ3) is 5.21. The van der Waals surface area contributed by atoms with E-state index < -0.39 is 5.60 Å². The first-order valence-corrected chi connectivity index (χ1v) is 11.1. The number of benzene rings is 1. The lowest BCUT2D eigenvalue weighted by atomic mass is 10.1. The van der Waals surface area contributed by atoms with Gasteiger partial charge in [-0.05, 0) is 45.7 Å². The van der Waals surface area contributed by atoms with Gasteiger partial charge >= 0.3 is 6.09 Å². The predicted octanol–water partition coefficient (Wildman–Crippen LogP) is 3.97. The van der Waals surface area contributed by atoms with E-state index in [0.29, 0.717) is 11.1 Å². The first-order valence-electron chi connectivity index (χ1n) is 9.95. The van der Waals surface area contributed by atoms with Crippen LogP contribution in [0.15, 0.2) is 36.4 Å². The highest BCUT2D eigenvalue weighted by molar-refractivity contribution is 7.99. The summed E-state index contributed by atoms with van der Waals surface area (Å²) >= 11 is 1.74. The van der Waals surface area contributed by atoms with E-state index in [9.17, 15) is 14.4 Å². The third-order valence-corrected chi connectivity index (χ3v) is 5.91. The molecule has 156 valence electrons. The van der Waals surface area contributed by atoms with Crippen LogP contribution in [-0.2, 0) is 4.74 Å². The number of hydrogen-bond acceptors (Lipinski definition) is 5. The van der Waals surface area contributed by atoms with E-state index in [1.54, 1.807) is 36.0 Å². The molecule has 1 atom stereocenters. The number of imide groups is 1. The van der Waals surface area contributed by atoms with Gasteiger partial charge in [0.2, 0.25) is 0 Å². The fourth-order valence-electron chi connectivity index (χ4n) is 3.49. The van der Waals surface area contributed by atoms with Crippen LogP contribution in [0.5, 0.6) is 0 Å². The summed E-state index contributed by atoms with van der Waals surface area (Å²) in [7, 11) is 0. The van der Waals surface area contributed by atoms with Crippen LogP contribution < -0.4 is 0 Å². The second-order valence-corrected chi connectivity index (χ2v) is 9.32. The van der Waals surface area contributed by atoms with Gasteiger partial charge in [-0.25, -0.2) is 4.79 Å². The average molecular weight is 417 g/mol. The fourth-order valence-corrected chi connectivity index (χ4v) is 4.52. The molecule has 0 spiro atoms. The number of fused-ring (bicyclic) bond motifs is 1. The van der Waals surface area contributed by atoms with Crippen LogP contribution in [0.1, 0.15) is 54.3 Å². The summed E-state index contributed by atoms with van der Waals surface area (Å²) in [6.45, 7) is 6.66. The fraction of sp³-hybridized carbons (Fsp3) is 0.500. The molecule has 1 saturated heterocycles. The molecule has 0 aromatic heterocycles. The van der Waals surface area contributed by atoms with Gasteiger partial charge in [-0.3, -0.25) is 14.5 Å². The van der Waals surface area contributed by atoms with Gasteiger partial charge in [0.25, 0.3) is 11.8 Å². The predicted molar refractivity (Wildman–Crippen MR) is 114 cm³/mol. The third-order valence-electron chi connectivity index (χ3n) is 4.86. The van der Waals surface area contributed by atoms with Crippen LogP contribution in [0.3, 0.4) is 0 Å². The first-order chi connectivity index (χ1) is 13.8. The van der Waals surface area contributed by atoms with Gasteiger partial charge in [-0.2, -0.15) is 11.8 Å². The van der Waals surface area contributed by atoms with E-state index in [1.165, 1.54) is 4.90 Å². The van der Waals surface area contributed by atoms with Gasteiger partial charge in [0.1, 0.15) is 5.60 Å².